The molecule has 9 heteroatoms. The number of nitrogens with one attached hydrogen (secondary N) is 1. The van der Waals surface area contributed by atoms with Crippen LogP contribution in [-0.2, 0) is 13.0 Å². The Morgan fingerprint density at radius 2 is 1.83 bits per heavy atom. The number of fused-ring (bicyclic) bond motifs is 2. The highest BCUT2D eigenvalue weighted by Crippen LogP contribution is 2.29. The van der Waals surface area contributed by atoms with Gasteiger partial charge in [-0.3, -0.25) is 19.3 Å². The van der Waals surface area contributed by atoms with Crippen molar-refractivity contribution < 1.29 is 18.8 Å². The molecule has 35 heavy (non-hydrogen) atoms. The average Bonchev–Trinajstić information content (AvgIpc) is 3.25. The average molecular weight is 476 g/mol. The zero-order valence-electron chi connectivity index (χ0n) is 19.5. The van der Waals surface area contributed by atoms with E-state index >= 15 is 0 Å². The zero-order chi connectivity index (χ0) is 24.5. The summed E-state index contributed by atoms with van der Waals surface area (Å²) in [7, 11) is 0. The van der Waals surface area contributed by atoms with Crippen LogP contribution in [0.2, 0.25) is 0 Å². The smallest absolute Gasteiger partial charge is 0.261 e. The summed E-state index contributed by atoms with van der Waals surface area (Å²) >= 11 is 0. The molecular formula is C26H26FN5O3. The van der Waals surface area contributed by atoms with E-state index in [9.17, 15) is 18.8 Å². The molecule has 0 atom stereocenters. The van der Waals surface area contributed by atoms with Crippen molar-refractivity contribution in [2.45, 2.75) is 52.0 Å². The topological polar surface area (TPSA) is 97.2 Å². The number of hydrogen-bond donors (Lipinski definition) is 1. The molecule has 0 radical (unpaired) electrons. The molecule has 8 nitrogen and oxygen atoms in total. The molecule has 180 valence electrons. The fourth-order valence-electron chi connectivity index (χ4n) is 4.61. The third kappa shape index (κ3) is 4.22. The number of carbonyl (C=O) groups excluding carboxylic acids is 3. The molecular weight excluding hydrogens is 449 g/mol. The van der Waals surface area contributed by atoms with Gasteiger partial charge in [-0.2, -0.15) is 0 Å². The van der Waals surface area contributed by atoms with Gasteiger partial charge in [-0.15, -0.1) is 10.2 Å². The maximum absolute atomic E-state index is 14.8. The lowest BCUT2D eigenvalue weighted by atomic mass is 10.1. The highest BCUT2D eigenvalue weighted by atomic mass is 19.1. The van der Waals surface area contributed by atoms with E-state index in [1.807, 2.05) is 11.5 Å². The molecule has 2 aliphatic rings. The molecule has 3 heterocycles. The van der Waals surface area contributed by atoms with Crippen LogP contribution in [-0.4, -0.2) is 43.9 Å². The lowest BCUT2D eigenvalue weighted by molar-refractivity contribution is 0.0652. The van der Waals surface area contributed by atoms with Gasteiger partial charge in [-0.25, -0.2) is 4.39 Å². The quantitative estimate of drug-likeness (QED) is 0.531. The number of unbranched alkanes of at least 4 members (excludes halogenated alkanes) is 1. The van der Waals surface area contributed by atoms with Gasteiger partial charge in [0, 0.05) is 30.8 Å². The molecule has 2 aliphatic heterocycles. The van der Waals surface area contributed by atoms with Crippen LogP contribution in [0.5, 0.6) is 0 Å². The van der Waals surface area contributed by atoms with Crippen LogP contribution in [0.3, 0.4) is 0 Å². The van der Waals surface area contributed by atoms with Crippen molar-refractivity contribution in [2.24, 2.45) is 0 Å². The van der Waals surface area contributed by atoms with Gasteiger partial charge in [-0.1, -0.05) is 19.8 Å². The third-order valence-corrected chi connectivity index (χ3v) is 6.54. The first-order chi connectivity index (χ1) is 17.0. The van der Waals surface area contributed by atoms with Crippen LogP contribution >= 0.6 is 0 Å². The van der Waals surface area contributed by atoms with Gasteiger partial charge in [-0.05, 0) is 55.7 Å². The molecule has 5 rings (SSSR count). The summed E-state index contributed by atoms with van der Waals surface area (Å²) in [6, 6.07) is 8.79. The summed E-state index contributed by atoms with van der Waals surface area (Å²) in [4.78, 5) is 39.5. The minimum atomic E-state index is -0.460. The minimum absolute atomic E-state index is 0.227. The number of rotatable bonds is 6. The lowest BCUT2D eigenvalue weighted by Crippen LogP contribution is -2.30. The van der Waals surface area contributed by atoms with Crippen molar-refractivity contribution in [1.29, 1.82) is 0 Å². The Balaban J connectivity index is 1.39. The van der Waals surface area contributed by atoms with Crippen LogP contribution in [0.1, 0.15) is 75.9 Å². The highest BCUT2D eigenvalue weighted by Gasteiger charge is 2.35. The molecule has 2 aromatic carbocycles. The van der Waals surface area contributed by atoms with Crippen molar-refractivity contribution in [3.63, 3.8) is 0 Å². The number of halogens is 1. The third-order valence-electron chi connectivity index (χ3n) is 6.54. The van der Waals surface area contributed by atoms with Crippen molar-refractivity contribution in [3.05, 3.63) is 64.7 Å². The molecule has 1 aromatic heterocycles. The second-order valence-corrected chi connectivity index (χ2v) is 8.93. The zero-order valence-corrected chi connectivity index (χ0v) is 19.5. The number of imide groups is 1. The van der Waals surface area contributed by atoms with Crippen LogP contribution in [0, 0.1) is 5.82 Å². The van der Waals surface area contributed by atoms with Gasteiger partial charge >= 0.3 is 0 Å². The summed E-state index contributed by atoms with van der Waals surface area (Å²) in [5, 5.41) is 11.2. The maximum atomic E-state index is 14.8. The minimum Gasteiger partial charge on any atom is -0.322 e. The fraction of sp³-hybridized carbons (Fsp3) is 0.346. The number of nitrogens with zero attached hydrogens (tertiary/aromatic N) is 4. The van der Waals surface area contributed by atoms with E-state index in [4.69, 9.17) is 0 Å². The molecule has 0 saturated carbocycles. The van der Waals surface area contributed by atoms with Crippen molar-refractivity contribution in [1.82, 2.24) is 19.7 Å². The van der Waals surface area contributed by atoms with E-state index in [0.717, 1.165) is 50.9 Å². The van der Waals surface area contributed by atoms with Gasteiger partial charge in [0.05, 0.1) is 16.7 Å². The summed E-state index contributed by atoms with van der Waals surface area (Å²) in [6.07, 6.45) is 5.49. The Hall–Kier alpha value is -3.88. The number of benzene rings is 2. The SMILES string of the molecule is CCCCN1C(=O)c2ccc(C(=O)Nc3ccc(F)c(-c4nnc5n4CCCCC5)c3)cc2C1=O. The van der Waals surface area contributed by atoms with Gasteiger partial charge < -0.3 is 9.88 Å². The summed E-state index contributed by atoms with van der Waals surface area (Å²) in [5.41, 5.74) is 1.43. The molecule has 0 fully saturated rings. The number of carbonyl (C=O) groups is 3. The molecule has 3 amide bonds. The van der Waals surface area contributed by atoms with Gasteiger partial charge in [0.15, 0.2) is 5.82 Å². The molecule has 1 N–H and O–H groups in total. The number of aryl methyl sites for hydroxylation is 1. The predicted octanol–water partition coefficient (Wildman–Crippen LogP) is 4.46. The molecule has 3 aromatic rings. The van der Waals surface area contributed by atoms with Gasteiger partial charge in [0.1, 0.15) is 11.6 Å². The van der Waals surface area contributed by atoms with E-state index in [-0.39, 0.29) is 28.5 Å². The number of aromatic nitrogens is 3. The number of hydrogen-bond acceptors (Lipinski definition) is 5. The Bertz CT molecular complexity index is 1330. The summed E-state index contributed by atoms with van der Waals surface area (Å²) < 4.78 is 16.7. The Labute approximate surface area is 202 Å². The van der Waals surface area contributed by atoms with E-state index in [1.54, 1.807) is 6.07 Å². The summed E-state index contributed by atoms with van der Waals surface area (Å²) in [5.74, 6) is -0.333. The van der Waals surface area contributed by atoms with Gasteiger partial charge in [0.2, 0.25) is 0 Å². The van der Waals surface area contributed by atoms with Crippen LogP contribution < -0.4 is 5.32 Å². The molecule has 0 saturated heterocycles. The largest absolute Gasteiger partial charge is 0.322 e. The predicted molar refractivity (Wildman–Crippen MR) is 128 cm³/mol. The number of amides is 3. The maximum Gasteiger partial charge on any atom is 0.261 e. The molecule has 0 aliphatic carbocycles. The van der Waals surface area contributed by atoms with Crippen molar-refractivity contribution in [2.75, 3.05) is 11.9 Å². The first kappa shape index (κ1) is 22.9. The Morgan fingerprint density at radius 3 is 2.66 bits per heavy atom. The van der Waals surface area contributed by atoms with Gasteiger partial charge in [0.25, 0.3) is 17.7 Å². The van der Waals surface area contributed by atoms with E-state index in [0.29, 0.717) is 23.6 Å². The molecule has 0 bridgehead atoms. The van der Waals surface area contributed by atoms with E-state index in [2.05, 4.69) is 15.5 Å². The monoisotopic (exact) mass is 475 g/mol. The first-order valence-electron chi connectivity index (χ1n) is 12.0. The lowest BCUT2D eigenvalue weighted by Gasteiger charge is -2.12. The second-order valence-electron chi connectivity index (χ2n) is 8.93. The van der Waals surface area contributed by atoms with Crippen molar-refractivity contribution >= 4 is 23.4 Å². The Kier molecular flexibility index (Phi) is 6.15. The van der Waals surface area contributed by atoms with Crippen molar-refractivity contribution in [3.8, 4) is 11.4 Å². The fourth-order valence-corrected chi connectivity index (χ4v) is 4.61. The second kappa shape index (κ2) is 9.40. The van der Waals surface area contributed by atoms with E-state index in [1.165, 1.54) is 35.2 Å². The number of anilines is 1. The van der Waals surface area contributed by atoms with Crippen LogP contribution in [0.4, 0.5) is 10.1 Å². The van der Waals surface area contributed by atoms with Crippen LogP contribution in [0.25, 0.3) is 11.4 Å². The Morgan fingerprint density at radius 1 is 1.00 bits per heavy atom. The van der Waals surface area contributed by atoms with E-state index < -0.39 is 11.7 Å². The molecule has 0 spiro atoms. The highest BCUT2D eigenvalue weighted by molar-refractivity contribution is 6.22. The standard InChI is InChI=1S/C26H26FN5O3/c1-2-3-12-32-25(34)18-10-8-16(14-19(18)26(32)35)24(33)28-17-9-11-21(27)20(15-17)23-30-29-22-7-5-4-6-13-31(22)23/h8-11,14-15H,2-7,12-13H2,1H3,(H,28,33). The molecule has 0 unspecified atom stereocenters. The normalized spacial score (nSPS) is 15.1. The van der Waals surface area contributed by atoms with Crippen LogP contribution in [0.15, 0.2) is 36.4 Å². The summed E-state index contributed by atoms with van der Waals surface area (Å²) in [6.45, 7) is 3.07. The first-order valence-corrected chi connectivity index (χ1v) is 12.0.